The summed E-state index contributed by atoms with van der Waals surface area (Å²) in [6, 6.07) is 4.63. The molecule has 0 spiro atoms. The van der Waals surface area contributed by atoms with Crippen molar-refractivity contribution in [2.75, 3.05) is 18.5 Å². The highest BCUT2D eigenvalue weighted by Crippen LogP contribution is 2.25. The molecule has 1 aliphatic carbocycles. The maximum absolute atomic E-state index is 11.9. The summed E-state index contributed by atoms with van der Waals surface area (Å²) in [6.45, 7) is -0.721. The van der Waals surface area contributed by atoms with Crippen molar-refractivity contribution in [3.8, 4) is 0 Å². The summed E-state index contributed by atoms with van der Waals surface area (Å²) >= 11 is 11.8. The summed E-state index contributed by atoms with van der Waals surface area (Å²) < 4.78 is 4.84. The average Bonchev–Trinajstić information content (AvgIpc) is 2.61. The van der Waals surface area contributed by atoms with Crippen molar-refractivity contribution in [3.63, 3.8) is 0 Å². The van der Waals surface area contributed by atoms with Gasteiger partial charge in [-0.3, -0.25) is 14.4 Å². The van der Waals surface area contributed by atoms with Crippen molar-refractivity contribution in [1.29, 1.82) is 0 Å². The van der Waals surface area contributed by atoms with Crippen LogP contribution in [0.25, 0.3) is 0 Å². The van der Waals surface area contributed by atoms with E-state index in [4.69, 9.17) is 27.9 Å². The minimum atomic E-state index is -0.670. The second-order valence-corrected chi connectivity index (χ2v) is 6.73. The van der Waals surface area contributed by atoms with E-state index >= 15 is 0 Å². The van der Waals surface area contributed by atoms with E-state index in [1.807, 2.05) is 0 Å². The minimum Gasteiger partial charge on any atom is -0.454 e. The Labute approximate surface area is 156 Å². The Morgan fingerprint density at radius 1 is 1.12 bits per heavy atom. The number of esters is 1. The zero-order valence-corrected chi connectivity index (χ0v) is 15.2. The highest BCUT2D eigenvalue weighted by atomic mass is 35.5. The van der Waals surface area contributed by atoms with E-state index in [0.717, 1.165) is 32.1 Å². The first-order chi connectivity index (χ1) is 12.0. The predicted octanol–water partition coefficient (Wildman–Crippen LogP) is 3.17. The lowest BCUT2D eigenvalue weighted by Gasteiger charge is -2.20. The third kappa shape index (κ3) is 6.55. The molecule has 1 aliphatic rings. The number of nitrogens with one attached hydrogen (secondary N) is 2. The van der Waals surface area contributed by atoms with Gasteiger partial charge in [0.05, 0.1) is 10.7 Å². The lowest BCUT2D eigenvalue weighted by Crippen LogP contribution is -2.36. The fourth-order valence-electron chi connectivity index (χ4n) is 2.65. The van der Waals surface area contributed by atoms with Gasteiger partial charge in [0.1, 0.15) is 6.54 Å². The SMILES string of the molecule is O=C(COC(=O)CNC(=O)C1CCCCC1)Nc1cc(Cl)ccc1Cl. The Hall–Kier alpha value is -1.79. The summed E-state index contributed by atoms with van der Waals surface area (Å²) in [5.41, 5.74) is 0.334. The molecule has 8 heteroatoms. The highest BCUT2D eigenvalue weighted by Gasteiger charge is 2.21. The van der Waals surface area contributed by atoms with Crippen LogP contribution in [0, 0.1) is 5.92 Å². The number of hydrogen-bond acceptors (Lipinski definition) is 4. The van der Waals surface area contributed by atoms with Gasteiger partial charge in [0, 0.05) is 10.9 Å². The Kier molecular flexibility index (Phi) is 7.52. The Balaban J connectivity index is 1.69. The molecule has 2 rings (SSSR count). The monoisotopic (exact) mass is 386 g/mol. The van der Waals surface area contributed by atoms with Crippen LogP contribution in [0.15, 0.2) is 18.2 Å². The normalized spacial score (nSPS) is 14.6. The number of halogens is 2. The van der Waals surface area contributed by atoms with Gasteiger partial charge in [0.25, 0.3) is 5.91 Å². The first-order valence-electron chi connectivity index (χ1n) is 8.14. The minimum absolute atomic E-state index is 0.0326. The van der Waals surface area contributed by atoms with Crippen molar-refractivity contribution >= 4 is 46.7 Å². The van der Waals surface area contributed by atoms with E-state index in [0.29, 0.717) is 15.7 Å². The molecule has 1 fully saturated rings. The van der Waals surface area contributed by atoms with Gasteiger partial charge in [-0.2, -0.15) is 0 Å². The van der Waals surface area contributed by atoms with Gasteiger partial charge < -0.3 is 15.4 Å². The molecule has 1 aromatic rings. The van der Waals surface area contributed by atoms with Crippen LogP contribution in [0.5, 0.6) is 0 Å². The largest absolute Gasteiger partial charge is 0.454 e. The molecule has 0 saturated heterocycles. The maximum Gasteiger partial charge on any atom is 0.325 e. The predicted molar refractivity (Wildman–Crippen MR) is 95.6 cm³/mol. The zero-order valence-electron chi connectivity index (χ0n) is 13.6. The molecule has 0 atom stereocenters. The Morgan fingerprint density at radius 3 is 2.56 bits per heavy atom. The number of benzene rings is 1. The van der Waals surface area contributed by atoms with Gasteiger partial charge in [-0.05, 0) is 31.0 Å². The van der Waals surface area contributed by atoms with E-state index < -0.39 is 18.5 Å². The summed E-state index contributed by atoms with van der Waals surface area (Å²) in [5, 5.41) is 5.80. The highest BCUT2D eigenvalue weighted by molar-refractivity contribution is 6.35. The van der Waals surface area contributed by atoms with Gasteiger partial charge in [0.2, 0.25) is 5.91 Å². The molecule has 136 valence electrons. The Morgan fingerprint density at radius 2 is 1.84 bits per heavy atom. The van der Waals surface area contributed by atoms with E-state index in [9.17, 15) is 14.4 Å². The zero-order chi connectivity index (χ0) is 18.2. The molecule has 0 unspecified atom stereocenters. The van der Waals surface area contributed by atoms with Crippen LogP contribution >= 0.6 is 23.2 Å². The van der Waals surface area contributed by atoms with Gasteiger partial charge in [0.15, 0.2) is 6.61 Å². The third-order valence-corrected chi connectivity index (χ3v) is 4.51. The van der Waals surface area contributed by atoms with Crippen LogP contribution in [0.1, 0.15) is 32.1 Å². The van der Waals surface area contributed by atoms with Crippen molar-refractivity contribution in [1.82, 2.24) is 5.32 Å². The molecule has 6 nitrogen and oxygen atoms in total. The van der Waals surface area contributed by atoms with Gasteiger partial charge >= 0.3 is 5.97 Å². The lowest BCUT2D eigenvalue weighted by molar-refractivity contribution is -0.147. The number of carbonyl (C=O) groups is 3. The summed E-state index contributed by atoms with van der Waals surface area (Å²) in [4.78, 5) is 35.4. The Bertz CT molecular complexity index is 646. The lowest BCUT2D eigenvalue weighted by atomic mass is 9.89. The molecule has 0 radical (unpaired) electrons. The van der Waals surface area contributed by atoms with Crippen LogP contribution in [0.4, 0.5) is 5.69 Å². The van der Waals surface area contributed by atoms with Crippen LogP contribution in [-0.2, 0) is 19.1 Å². The van der Waals surface area contributed by atoms with Crippen molar-refractivity contribution < 1.29 is 19.1 Å². The quantitative estimate of drug-likeness (QED) is 0.735. The first kappa shape index (κ1) is 19.5. The molecular formula is C17H20Cl2N2O4. The first-order valence-corrected chi connectivity index (χ1v) is 8.89. The van der Waals surface area contributed by atoms with Gasteiger partial charge in [-0.25, -0.2) is 0 Å². The molecule has 2 N–H and O–H groups in total. The summed E-state index contributed by atoms with van der Waals surface area (Å²) in [7, 11) is 0. The van der Waals surface area contributed by atoms with E-state index in [-0.39, 0.29) is 18.4 Å². The fourth-order valence-corrected chi connectivity index (χ4v) is 2.98. The van der Waals surface area contributed by atoms with Crippen LogP contribution in [-0.4, -0.2) is 30.9 Å². The molecule has 1 aromatic carbocycles. The molecule has 0 aromatic heterocycles. The van der Waals surface area contributed by atoms with E-state index in [1.54, 1.807) is 12.1 Å². The number of carbonyl (C=O) groups excluding carboxylic acids is 3. The molecule has 0 aliphatic heterocycles. The average molecular weight is 387 g/mol. The summed E-state index contributed by atoms with van der Waals surface area (Å²) in [5.74, 6) is -1.38. The number of rotatable bonds is 6. The van der Waals surface area contributed by atoms with Crippen molar-refractivity contribution in [2.45, 2.75) is 32.1 Å². The van der Waals surface area contributed by atoms with Crippen molar-refractivity contribution in [2.24, 2.45) is 5.92 Å². The molecule has 25 heavy (non-hydrogen) atoms. The van der Waals surface area contributed by atoms with Gasteiger partial charge in [-0.15, -0.1) is 0 Å². The van der Waals surface area contributed by atoms with E-state index in [2.05, 4.69) is 10.6 Å². The molecule has 2 amide bonds. The van der Waals surface area contributed by atoms with Crippen LogP contribution in [0.2, 0.25) is 10.0 Å². The van der Waals surface area contributed by atoms with Crippen molar-refractivity contribution in [3.05, 3.63) is 28.2 Å². The number of ether oxygens (including phenoxy) is 1. The smallest absolute Gasteiger partial charge is 0.325 e. The second kappa shape index (κ2) is 9.63. The maximum atomic E-state index is 11.9. The molecule has 0 heterocycles. The standard InChI is InChI=1S/C17H20Cl2N2O4/c18-12-6-7-13(19)14(8-12)21-15(22)10-25-16(23)9-20-17(24)11-4-2-1-3-5-11/h6-8,11H,1-5,9-10H2,(H,20,24)(H,21,22). The molecular weight excluding hydrogens is 367 g/mol. The number of hydrogen-bond donors (Lipinski definition) is 2. The second-order valence-electron chi connectivity index (χ2n) is 5.89. The van der Waals surface area contributed by atoms with E-state index in [1.165, 1.54) is 6.07 Å². The van der Waals surface area contributed by atoms with Crippen LogP contribution in [0.3, 0.4) is 0 Å². The summed E-state index contributed by atoms with van der Waals surface area (Å²) in [6.07, 6.45) is 4.93. The number of amides is 2. The van der Waals surface area contributed by atoms with Crippen LogP contribution < -0.4 is 10.6 Å². The fraction of sp³-hybridized carbons (Fsp3) is 0.471. The molecule has 0 bridgehead atoms. The number of anilines is 1. The molecule has 1 saturated carbocycles. The third-order valence-electron chi connectivity index (χ3n) is 3.95. The van der Waals surface area contributed by atoms with Gasteiger partial charge in [-0.1, -0.05) is 42.5 Å². The topological polar surface area (TPSA) is 84.5 Å².